The van der Waals surface area contributed by atoms with Crippen molar-refractivity contribution in [1.82, 2.24) is 0 Å². The summed E-state index contributed by atoms with van der Waals surface area (Å²) in [5, 5.41) is 0.623. The van der Waals surface area contributed by atoms with Crippen LogP contribution in [0.3, 0.4) is 0 Å². The first-order valence-corrected chi connectivity index (χ1v) is 9.11. The molecule has 0 aromatic heterocycles. The Morgan fingerprint density at radius 2 is 1.77 bits per heavy atom. The van der Waals surface area contributed by atoms with Gasteiger partial charge in [-0.15, -0.1) is 0 Å². The Labute approximate surface area is 158 Å². The number of ketones is 1. The van der Waals surface area contributed by atoms with Crippen molar-refractivity contribution >= 4 is 28.9 Å². The van der Waals surface area contributed by atoms with E-state index in [1.165, 1.54) is 0 Å². The molecule has 0 saturated heterocycles. The number of esters is 1. The number of ether oxygens (including phenoxy) is 1. The Morgan fingerprint density at radius 3 is 2.38 bits per heavy atom. The second-order valence-electron chi connectivity index (χ2n) is 6.53. The minimum atomic E-state index is -0.815. The average molecular weight is 369 g/mol. The first kappa shape index (κ1) is 18.4. The van der Waals surface area contributed by atoms with Gasteiger partial charge in [0.25, 0.3) is 0 Å². The summed E-state index contributed by atoms with van der Waals surface area (Å²) in [6.07, 6.45) is 2.19. The van der Waals surface area contributed by atoms with Crippen LogP contribution in [0.4, 0.5) is 0 Å². The van der Waals surface area contributed by atoms with Crippen molar-refractivity contribution in [2.75, 3.05) is 6.61 Å². The van der Waals surface area contributed by atoms with Crippen LogP contribution in [0.2, 0.25) is 5.02 Å². The molecule has 26 heavy (non-hydrogen) atoms. The Morgan fingerprint density at radius 1 is 1.12 bits per heavy atom. The maximum atomic E-state index is 12.8. The Bertz CT molecular complexity index is 835. The third-order valence-corrected chi connectivity index (χ3v) is 4.98. The molecular formula is C22H21ClO3. The third-order valence-electron chi connectivity index (χ3n) is 4.73. The Kier molecular flexibility index (Phi) is 5.58. The lowest BCUT2D eigenvalue weighted by Gasteiger charge is -2.29. The summed E-state index contributed by atoms with van der Waals surface area (Å²) in [5.41, 5.74) is 4.02. The number of rotatable bonds is 4. The van der Waals surface area contributed by atoms with Crippen LogP contribution in [0.15, 0.2) is 54.6 Å². The fourth-order valence-electron chi connectivity index (χ4n) is 3.38. The quantitative estimate of drug-likeness (QED) is 0.565. The second-order valence-corrected chi connectivity index (χ2v) is 6.97. The van der Waals surface area contributed by atoms with Gasteiger partial charge in [0, 0.05) is 10.9 Å². The van der Waals surface area contributed by atoms with Crippen LogP contribution in [0.25, 0.3) is 5.57 Å². The molecule has 0 aliphatic heterocycles. The lowest BCUT2D eigenvalue weighted by molar-refractivity contribution is -0.151. The van der Waals surface area contributed by atoms with Crippen molar-refractivity contribution in [2.45, 2.75) is 26.2 Å². The molecular weight excluding hydrogens is 348 g/mol. The van der Waals surface area contributed by atoms with Crippen molar-refractivity contribution in [3.8, 4) is 0 Å². The Balaban J connectivity index is 2.01. The summed E-state index contributed by atoms with van der Waals surface area (Å²) in [6, 6.07) is 15.4. The summed E-state index contributed by atoms with van der Waals surface area (Å²) in [7, 11) is 0. The standard InChI is InChI=1S/C22H21ClO3/c1-3-26-22(25)21-19(16-8-10-18(23)11-9-16)12-17(13-20(21)24)15-6-4-14(2)5-7-15/h4-11,13,19,21H,3,12H2,1-2H3/t19-,21+/m0/s1. The van der Waals surface area contributed by atoms with E-state index in [0.29, 0.717) is 11.4 Å². The molecule has 1 aliphatic rings. The molecule has 134 valence electrons. The zero-order valence-electron chi connectivity index (χ0n) is 14.9. The van der Waals surface area contributed by atoms with Crippen molar-refractivity contribution in [1.29, 1.82) is 0 Å². The zero-order valence-corrected chi connectivity index (χ0v) is 15.6. The van der Waals surface area contributed by atoms with Gasteiger partial charge in [-0.1, -0.05) is 53.6 Å². The monoisotopic (exact) mass is 368 g/mol. The SMILES string of the molecule is CCOC(=O)[C@H]1C(=O)C=C(c2ccc(C)cc2)C[C@H]1c1ccc(Cl)cc1. The van der Waals surface area contributed by atoms with Crippen molar-refractivity contribution in [3.05, 3.63) is 76.3 Å². The minimum Gasteiger partial charge on any atom is -0.465 e. The van der Waals surface area contributed by atoms with Crippen LogP contribution in [-0.2, 0) is 14.3 Å². The summed E-state index contributed by atoms with van der Waals surface area (Å²) >= 11 is 6.00. The fourth-order valence-corrected chi connectivity index (χ4v) is 3.50. The molecule has 0 bridgehead atoms. The normalized spacial score (nSPS) is 19.8. The minimum absolute atomic E-state index is 0.203. The molecule has 0 amide bonds. The maximum Gasteiger partial charge on any atom is 0.317 e. The van der Waals surface area contributed by atoms with Gasteiger partial charge in [-0.25, -0.2) is 0 Å². The lowest BCUT2D eigenvalue weighted by atomic mass is 9.73. The molecule has 3 nitrogen and oxygen atoms in total. The lowest BCUT2D eigenvalue weighted by Crippen LogP contribution is -2.34. The number of benzene rings is 2. The van der Waals surface area contributed by atoms with Gasteiger partial charge < -0.3 is 4.74 Å². The van der Waals surface area contributed by atoms with Gasteiger partial charge in [0.15, 0.2) is 5.78 Å². The van der Waals surface area contributed by atoms with Crippen molar-refractivity contribution in [2.24, 2.45) is 5.92 Å². The van der Waals surface area contributed by atoms with Crippen molar-refractivity contribution < 1.29 is 14.3 Å². The number of carbonyl (C=O) groups is 2. The Hall–Kier alpha value is -2.39. The van der Waals surface area contributed by atoms with E-state index in [0.717, 1.165) is 22.3 Å². The van der Waals surface area contributed by atoms with E-state index in [1.807, 2.05) is 43.3 Å². The molecule has 2 aromatic rings. The first-order valence-electron chi connectivity index (χ1n) is 8.73. The zero-order chi connectivity index (χ0) is 18.7. The summed E-state index contributed by atoms with van der Waals surface area (Å²) < 4.78 is 5.17. The van der Waals surface area contributed by atoms with Crippen molar-refractivity contribution in [3.63, 3.8) is 0 Å². The fraction of sp³-hybridized carbons (Fsp3) is 0.273. The van der Waals surface area contributed by atoms with Crippen LogP contribution in [-0.4, -0.2) is 18.4 Å². The number of carbonyl (C=O) groups excluding carboxylic acids is 2. The van der Waals surface area contributed by atoms with Gasteiger partial charge >= 0.3 is 5.97 Å². The highest BCUT2D eigenvalue weighted by Gasteiger charge is 2.39. The summed E-state index contributed by atoms with van der Waals surface area (Å²) in [4.78, 5) is 25.3. The third kappa shape index (κ3) is 3.88. The van der Waals surface area contributed by atoms with E-state index >= 15 is 0 Å². The van der Waals surface area contributed by atoms with Gasteiger partial charge in [0.05, 0.1) is 6.61 Å². The number of halogens is 1. The number of hydrogen-bond acceptors (Lipinski definition) is 3. The molecule has 0 unspecified atom stereocenters. The molecule has 0 spiro atoms. The van der Waals surface area contributed by atoms with E-state index in [2.05, 4.69) is 0 Å². The van der Waals surface area contributed by atoms with Gasteiger partial charge in [-0.3, -0.25) is 9.59 Å². The van der Waals surface area contributed by atoms with E-state index in [1.54, 1.807) is 25.1 Å². The molecule has 2 aromatic carbocycles. The van der Waals surface area contributed by atoms with E-state index in [-0.39, 0.29) is 18.3 Å². The summed E-state index contributed by atoms with van der Waals surface area (Å²) in [6.45, 7) is 4.03. The molecule has 0 radical (unpaired) electrons. The van der Waals surface area contributed by atoms with Gasteiger partial charge in [0.2, 0.25) is 0 Å². The highest BCUT2D eigenvalue weighted by Crippen LogP contribution is 2.40. The largest absolute Gasteiger partial charge is 0.465 e. The topological polar surface area (TPSA) is 43.4 Å². The summed E-state index contributed by atoms with van der Waals surface area (Å²) in [5.74, 6) is -1.74. The van der Waals surface area contributed by atoms with Crippen LogP contribution in [0.1, 0.15) is 36.0 Å². The van der Waals surface area contributed by atoms with E-state index in [4.69, 9.17) is 16.3 Å². The van der Waals surface area contributed by atoms with Gasteiger partial charge in [0.1, 0.15) is 5.92 Å². The molecule has 3 rings (SSSR count). The smallest absolute Gasteiger partial charge is 0.317 e. The van der Waals surface area contributed by atoms with E-state index < -0.39 is 11.9 Å². The van der Waals surface area contributed by atoms with Crippen LogP contribution >= 0.6 is 11.6 Å². The molecule has 0 heterocycles. The number of aryl methyl sites for hydroxylation is 1. The van der Waals surface area contributed by atoms with Crippen LogP contribution in [0.5, 0.6) is 0 Å². The van der Waals surface area contributed by atoms with Gasteiger partial charge in [-0.2, -0.15) is 0 Å². The maximum absolute atomic E-state index is 12.8. The molecule has 2 atom stereocenters. The van der Waals surface area contributed by atoms with Gasteiger partial charge in [-0.05, 0) is 55.2 Å². The van der Waals surface area contributed by atoms with E-state index in [9.17, 15) is 9.59 Å². The predicted octanol–water partition coefficient (Wildman–Crippen LogP) is 4.97. The number of allylic oxidation sites excluding steroid dienone is 2. The molecule has 0 saturated carbocycles. The van der Waals surface area contributed by atoms with Crippen LogP contribution < -0.4 is 0 Å². The highest BCUT2D eigenvalue weighted by molar-refractivity contribution is 6.30. The number of hydrogen-bond donors (Lipinski definition) is 0. The molecule has 0 N–H and O–H groups in total. The molecule has 4 heteroatoms. The highest BCUT2D eigenvalue weighted by atomic mass is 35.5. The molecule has 1 aliphatic carbocycles. The molecule has 0 fully saturated rings. The predicted molar refractivity (Wildman–Crippen MR) is 103 cm³/mol. The second kappa shape index (κ2) is 7.88. The van der Waals surface area contributed by atoms with Crippen LogP contribution in [0, 0.1) is 12.8 Å². The average Bonchev–Trinajstić information content (AvgIpc) is 2.62. The first-order chi connectivity index (χ1) is 12.5.